The summed E-state index contributed by atoms with van der Waals surface area (Å²) < 4.78 is 2.05. The van der Waals surface area contributed by atoms with Gasteiger partial charge < -0.3 is 0 Å². The zero-order chi connectivity index (χ0) is 31.2. The van der Waals surface area contributed by atoms with Gasteiger partial charge in [0, 0.05) is 44.8 Å². The zero-order valence-corrected chi connectivity index (χ0v) is 25.3. The molecule has 0 N–H and O–H groups in total. The van der Waals surface area contributed by atoms with Gasteiger partial charge in [0.2, 0.25) is 0 Å². The topological polar surface area (TPSA) is 56.0 Å². The fourth-order valence-corrected chi connectivity index (χ4v) is 6.41. The van der Waals surface area contributed by atoms with Crippen LogP contribution in [0.2, 0.25) is 0 Å². The Hall–Kier alpha value is -6.46. The Morgan fingerprint density at radius 2 is 0.872 bits per heavy atom. The van der Waals surface area contributed by atoms with E-state index in [-0.39, 0.29) is 0 Å². The van der Waals surface area contributed by atoms with Crippen molar-refractivity contribution in [2.75, 3.05) is 0 Å². The summed E-state index contributed by atoms with van der Waals surface area (Å²) in [4.78, 5) is 20.6. The number of aromatic nitrogens is 5. The number of imidazole rings is 1. The molecule has 0 bridgehead atoms. The Kier molecular flexibility index (Phi) is 6.39. The summed E-state index contributed by atoms with van der Waals surface area (Å²) in [5.41, 5.74) is 11.5. The van der Waals surface area contributed by atoms with E-state index in [4.69, 9.17) is 19.9 Å². The molecular formula is C42H27N5. The Labute approximate surface area is 271 Å². The van der Waals surface area contributed by atoms with Crippen LogP contribution in [0.1, 0.15) is 0 Å². The summed E-state index contributed by atoms with van der Waals surface area (Å²) in [6, 6.07) is 54.0. The van der Waals surface area contributed by atoms with Crippen molar-refractivity contribution in [3.05, 3.63) is 164 Å². The van der Waals surface area contributed by atoms with Crippen LogP contribution in [-0.2, 0) is 0 Å². The standard InChI is InChI=1S/C42H27N5/c1-4-14-28(15-5-1)36-38(29-16-6-2-7-17-29)44-41(45-39(36)30-18-8-3-9-19-30)32-25-23-31(24-26-32)37-33-20-10-11-21-34(33)40-42(46-37)47-27-13-12-22-35(47)43-40/h1-27H. The van der Waals surface area contributed by atoms with Gasteiger partial charge in [0.15, 0.2) is 11.5 Å². The zero-order valence-electron chi connectivity index (χ0n) is 25.3. The van der Waals surface area contributed by atoms with Crippen LogP contribution in [0, 0.1) is 0 Å². The van der Waals surface area contributed by atoms with Gasteiger partial charge in [-0.1, -0.05) is 146 Å². The normalized spacial score (nSPS) is 11.4. The molecule has 47 heavy (non-hydrogen) atoms. The molecular weight excluding hydrogens is 574 g/mol. The van der Waals surface area contributed by atoms with Crippen LogP contribution in [-0.4, -0.2) is 24.3 Å². The second-order valence-corrected chi connectivity index (χ2v) is 11.5. The summed E-state index contributed by atoms with van der Waals surface area (Å²) in [6.07, 6.45) is 2.02. The first-order valence-corrected chi connectivity index (χ1v) is 15.7. The van der Waals surface area contributed by atoms with E-state index >= 15 is 0 Å². The van der Waals surface area contributed by atoms with E-state index in [0.717, 1.165) is 78.0 Å². The molecule has 0 radical (unpaired) electrons. The maximum atomic E-state index is 5.26. The third-order valence-corrected chi connectivity index (χ3v) is 8.64. The molecule has 0 spiro atoms. The molecule has 0 amide bonds. The third kappa shape index (κ3) is 4.64. The Balaban J connectivity index is 1.24. The van der Waals surface area contributed by atoms with Gasteiger partial charge in [-0.25, -0.2) is 19.9 Å². The van der Waals surface area contributed by atoms with Gasteiger partial charge in [-0.3, -0.25) is 4.40 Å². The molecule has 220 valence electrons. The van der Waals surface area contributed by atoms with E-state index in [1.54, 1.807) is 0 Å². The molecule has 4 aromatic heterocycles. The highest BCUT2D eigenvalue weighted by Gasteiger charge is 2.20. The van der Waals surface area contributed by atoms with Crippen LogP contribution in [0.15, 0.2) is 164 Å². The first-order valence-electron chi connectivity index (χ1n) is 15.7. The van der Waals surface area contributed by atoms with Crippen molar-refractivity contribution in [2.24, 2.45) is 0 Å². The van der Waals surface area contributed by atoms with Crippen LogP contribution in [0.3, 0.4) is 0 Å². The first kappa shape index (κ1) is 26.9. The minimum atomic E-state index is 0.670. The highest BCUT2D eigenvalue weighted by molar-refractivity contribution is 6.09. The van der Waals surface area contributed by atoms with Crippen LogP contribution in [0.4, 0.5) is 0 Å². The van der Waals surface area contributed by atoms with Crippen molar-refractivity contribution in [1.29, 1.82) is 0 Å². The molecule has 9 rings (SSSR count). The van der Waals surface area contributed by atoms with Crippen molar-refractivity contribution in [3.63, 3.8) is 0 Å². The lowest BCUT2D eigenvalue weighted by Gasteiger charge is -2.17. The fourth-order valence-electron chi connectivity index (χ4n) is 6.41. The van der Waals surface area contributed by atoms with Crippen LogP contribution >= 0.6 is 0 Å². The average molecular weight is 602 g/mol. The lowest BCUT2D eigenvalue weighted by Crippen LogP contribution is -2.01. The summed E-state index contributed by atoms with van der Waals surface area (Å²) in [5.74, 6) is 0.670. The molecule has 5 nitrogen and oxygen atoms in total. The van der Waals surface area contributed by atoms with Gasteiger partial charge in [-0.05, 0) is 17.7 Å². The van der Waals surface area contributed by atoms with E-state index in [0.29, 0.717) is 5.82 Å². The van der Waals surface area contributed by atoms with E-state index in [1.165, 1.54) is 0 Å². The van der Waals surface area contributed by atoms with Crippen molar-refractivity contribution in [2.45, 2.75) is 0 Å². The minimum Gasteiger partial charge on any atom is -0.284 e. The number of benzene rings is 5. The minimum absolute atomic E-state index is 0.670. The van der Waals surface area contributed by atoms with Crippen LogP contribution in [0.25, 0.3) is 83.9 Å². The maximum absolute atomic E-state index is 5.26. The van der Waals surface area contributed by atoms with Gasteiger partial charge >= 0.3 is 0 Å². The first-order chi connectivity index (χ1) is 23.3. The molecule has 0 saturated carbocycles. The third-order valence-electron chi connectivity index (χ3n) is 8.64. The molecule has 0 atom stereocenters. The van der Waals surface area contributed by atoms with Crippen molar-refractivity contribution >= 4 is 27.6 Å². The van der Waals surface area contributed by atoms with Gasteiger partial charge in [-0.2, -0.15) is 0 Å². The molecule has 0 aliphatic heterocycles. The van der Waals surface area contributed by atoms with E-state index in [2.05, 4.69) is 126 Å². The predicted molar refractivity (Wildman–Crippen MR) is 191 cm³/mol. The predicted octanol–water partition coefficient (Wildman–Crippen LogP) is 10.2. The van der Waals surface area contributed by atoms with Gasteiger partial charge in [0.25, 0.3) is 0 Å². The number of hydrogen-bond donors (Lipinski definition) is 0. The number of fused-ring (bicyclic) bond motifs is 5. The van der Waals surface area contributed by atoms with Crippen molar-refractivity contribution < 1.29 is 0 Å². The number of nitrogens with zero attached hydrogens (tertiary/aromatic N) is 5. The van der Waals surface area contributed by atoms with E-state index in [1.807, 2.05) is 42.6 Å². The highest BCUT2D eigenvalue weighted by Crippen LogP contribution is 2.40. The summed E-state index contributed by atoms with van der Waals surface area (Å²) >= 11 is 0. The monoisotopic (exact) mass is 601 g/mol. The summed E-state index contributed by atoms with van der Waals surface area (Å²) in [7, 11) is 0. The molecule has 0 saturated heterocycles. The molecule has 0 aliphatic carbocycles. The highest BCUT2D eigenvalue weighted by atomic mass is 15.1. The van der Waals surface area contributed by atoms with E-state index < -0.39 is 0 Å². The number of hydrogen-bond acceptors (Lipinski definition) is 4. The van der Waals surface area contributed by atoms with Gasteiger partial charge in [0.1, 0.15) is 11.2 Å². The fraction of sp³-hybridized carbons (Fsp3) is 0. The van der Waals surface area contributed by atoms with Crippen LogP contribution in [0.5, 0.6) is 0 Å². The lowest BCUT2D eigenvalue weighted by molar-refractivity contribution is 1.18. The Morgan fingerprint density at radius 3 is 1.51 bits per heavy atom. The molecule has 0 unspecified atom stereocenters. The smallest absolute Gasteiger partial charge is 0.165 e. The quantitative estimate of drug-likeness (QED) is 0.197. The maximum Gasteiger partial charge on any atom is 0.165 e. The Bertz CT molecular complexity index is 2480. The molecule has 0 fully saturated rings. The SMILES string of the molecule is c1ccc(-c2nc(-c3ccc(-c4nc5c(nc6ccccn65)c5ccccc45)cc3)nc(-c3ccccc3)c2-c2ccccc2)cc1. The summed E-state index contributed by atoms with van der Waals surface area (Å²) in [6.45, 7) is 0. The van der Waals surface area contributed by atoms with Crippen LogP contribution < -0.4 is 0 Å². The number of pyridine rings is 2. The number of rotatable bonds is 5. The molecule has 9 aromatic rings. The average Bonchev–Trinajstić information content (AvgIpc) is 3.54. The molecule has 5 heteroatoms. The second-order valence-electron chi connectivity index (χ2n) is 11.5. The van der Waals surface area contributed by atoms with Gasteiger partial charge in [0.05, 0.1) is 17.1 Å². The van der Waals surface area contributed by atoms with Crippen molar-refractivity contribution in [1.82, 2.24) is 24.3 Å². The summed E-state index contributed by atoms with van der Waals surface area (Å²) in [5, 5.41) is 2.15. The van der Waals surface area contributed by atoms with Gasteiger partial charge in [-0.15, -0.1) is 0 Å². The second kappa shape index (κ2) is 11.2. The molecule has 5 aromatic carbocycles. The lowest BCUT2D eigenvalue weighted by atomic mass is 9.94. The molecule has 4 heterocycles. The Morgan fingerprint density at radius 1 is 0.362 bits per heavy atom. The largest absolute Gasteiger partial charge is 0.284 e. The van der Waals surface area contributed by atoms with Crippen molar-refractivity contribution in [3.8, 4) is 56.3 Å². The van der Waals surface area contributed by atoms with E-state index in [9.17, 15) is 0 Å². The molecule has 0 aliphatic rings.